The van der Waals surface area contributed by atoms with Crippen LogP contribution in [-0.2, 0) is 14.3 Å². The van der Waals surface area contributed by atoms with Crippen molar-refractivity contribution in [2.24, 2.45) is 17.3 Å². The van der Waals surface area contributed by atoms with E-state index in [0.717, 1.165) is 32.1 Å². The molecule has 0 aromatic heterocycles. The summed E-state index contributed by atoms with van der Waals surface area (Å²) in [5.74, 6) is 0.672. The molecule has 4 fully saturated rings. The summed E-state index contributed by atoms with van der Waals surface area (Å²) in [5, 5.41) is 2.74. The molecule has 4 aliphatic carbocycles. The fourth-order valence-corrected chi connectivity index (χ4v) is 5.73. The zero-order valence-corrected chi connectivity index (χ0v) is 13.5. The quantitative estimate of drug-likeness (QED) is 0.641. The summed E-state index contributed by atoms with van der Waals surface area (Å²) >= 11 is 6.71. The van der Waals surface area contributed by atoms with E-state index < -0.39 is 5.41 Å². The summed E-state index contributed by atoms with van der Waals surface area (Å²) in [6.45, 7) is 3.59. The highest BCUT2D eigenvalue weighted by molar-refractivity contribution is 6.24. The highest BCUT2D eigenvalue weighted by Gasteiger charge is 2.60. The molecule has 0 heterocycles. The molecule has 1 amide bonds. The number of hydrogen-bond acceptors (Lipinski definition) is 3. The van der Waals surface area contributed by atoms with Gasteiger partial charge in [0.05, 0.1) is 5.41 Å². The van der Waals surface area contributed by atoms with Crippen LogP contribution in [-0.4, -0.2) is 29.4 Å². The normalized spacial score (nSPS) is 40.4. The maximum Gasteiger partial charge on any atom is 0.312 e. The molecule has 0 aliphatic heterocycles. The molecule has 0 radical (unpaired) electrons. The predicted molar refractivity (Wildman–Crippen MR) is 79.9 cm³/mol. The van der Waals surface area contributed by atoms with E-state index in [9.17, 15) is 9.59 Å². The molecule has 0 unspecified atom stereocenters. The third-order valence-electron chi connectivity index (χ3n) is 5.21. The molecule has 0 spiro atoms. The second kappa shape index (κ2) is 5.15. The molecule has 21 heavy (non-hydrogen) atoms. The molecule has 4 rings (SSSR count). The van der Waals surface area contributed by atoms with Crippen LogP contribution in [0.4, 0.5) is 0 Å². The van der Waals surface area contributed by atoms with Crippen LogP contribution in [0.15, 0.2) is 0 Å². The van der Waals surface area contributed by atoms with Crippen LogP contribution in [0.2, 0.25) is 0 Å². The molecule has 0 saturated heterocycles. The van der Waals surface area contributed by atoms with Gasteiger partial charge in [0.1, 0.15) is 0 Å². The first-order chi connectivity index (χ1) is 9.80. The zero-order chi connectivity index (χ0) is 15.3. The van der Waals surface area contributed by atoms with Gasteiger partial charge in [-0.2, -0.15) is 0 Å². The average molecular weight is 314 g/mol. The lowest BCUT2D eigenvalue weighted by Crippen LogP contribution is -2.56. The smallest absolute Gasteiger partial charge is 0.312 e. The Morgan fingerprint density at radius 2 is 1.86 bits per heavy atom. The van der Waals surface area contributed by atoms with E-state index in [0.29, 0.717) is 11.8 Å². The summed E-state index contributed by atoms with van der Waals surface area (Å²) in [5.41, 5.74) is -0.427. The van der Waals surface area contributed by atoms with Crippen molar-refractivity contribution in [2.75, 3.05) is 6.61 Å². The van der Waals surface area contributed by atoms with Crippen molar-refractivity contribution in [3.8, 4) is 0 Å². The highest BCUT2D eigenvalue weighted by atomic mass is 35.5. The lowest BCUT2D eigenvalue weighted by Gasteiger charge is -2.58. The zero-order valence-electron chi connectivity index (χ0n) is 12.8. The predicted octanol–water partition coefficient (Wildman–Crippen LogP) is 2.63. The van der Waals surface area contributed by atoms with Crippen LogP contribution >= 0.6 is 11.6 Å². The van der Waals surface area contributed by atoms with Crippen LogP contribution in [0, 0.1) is 17.3 Å². The molecule has 5 heteroatoms. The summed E-state index contributed by atoms with van der Waals surface area (Å²) in [7, 11) is 0. The van der Waals surface area contributed by atoms with E-state index in [-0.39, 0.29) is 29.4 Å². The van der Waals surface area contributed by atoms with Gasteiger partial charge in [0.2, 0.25) is 0 Å². The Balaban J connectivity index is 1.63. The van der Waals surface area contributed by atoms with Gasteiger partial charge in [-0.1, -0.05) is 0 Å². The van der Waals surface area contributed by atoms with Gasteiger partial charge in [-0.05, 0) is 64.2 Å². The van der Waals surface area contributed by atoms with Crippen LogP contribution in [0.5, 0.6) is 0 Å². The first kappa shape index (κ1) is 15.1. The average Bonchev–Trinajstić information content (AvgIpc) is 2.31. The minimum atomic E-state index is -0.427. The topological polar surface area (TPSA) is 55.4 Å². The maximum atomic E-state index is 12.6. The SMILES string of the molecule is CC(C)NC(=O)COC(=O)C12C[C@@H]3C[C@H](CC(Cl)(C3)C1)C2. The molecule has 118 valence electrons. The molecular weight excluding hydrogens is 290 g/mol. The number of rotatable bonds is 4. The number of carbonyl (C=O) groups is 2. The van der Waals surface area contributed by atoms with E-state index in [2.05, 4.69) is 5.32 Å². The van der Waals surface area contributed by atoms with E-state index in [1.54, 1.807) is 0 Å². The standard InChI is InChI=1S/C16H24ClNO3/c1-10(2)18-13(19)8-21-14(20)15-4-11-3-12(5-15)7-16(17,6-11)9-15/h10-12H,3-9H2,1-2H3,(H,18,19)/t11-,12-,15?,16?/m0/s1. The third kappa shape index (κ3) is 2.92. The molecule has 4 saturated carbocycles. The summed E-state index contributed by atoms with van der Waals surface area (Å²) in [6.07, 6.45) is 5.78. The van der Waals surface area contributed by atoms with Gasteiger partial charge in [-0.3, -0.25) is 9.59 Å². The lowest BCUT2D eigenvalue weighted by molar-refractivity contribution is -0.171. The lowest BCUT2D eigenvalue weighted by atomic mass is 9.49. The molecule has 2 atom stereocenters. The molecule has 4 aliphatic rings. The number of carbonyl (C=O) groups excluding carboxylic acids is 2. The number of esters is 1. The Morgan fingerprint density at radius 3 is 2.38 bits per heavy atom. The van der Waals surface area contributed by atoms with Crippen molar-refractivity contribution < 1.29 is 14.3 Å². The van der Waals surface area contributed by atoms with Gasteiger partial charge in [0, 0.05) is 10.9 Å². The minimum Gasteiger partial charge on any atom is -0.455 e. The van der Waals surface area contributed by atoms with E-state index in [1.165, 1.54) is 6.42 Å². The Bertz CT molecular complexity index is 448. The Kier molecular flexibility index (Phi) is 3.71. The van der Waals surface area contributed by atoms with Gasteiger partial charge in [-0.25, -0.2) is 0 Å². The number of nitrogens with one attached hydrogen (secondary N) is 1. The number of alkyl halides is 1. The van der Waals surface area contributed by atoms with Crippen LogP contribution in [0.25, 0.3) is 0 Å². The minimum absolute atomic E-state index is 0.0573. The van der Waals surface area contributed by atoms with Gasteiger partial charge in [-0.15, -0.1) is 11.6 Å². The highest BCUT2D eigenvalue weighted by Crippen LogP contribution is 2.64. The van der Waals surface area contributed by atoms with Crippen LogP contribution in [0.3, 0.4) is 0 Å². The van der Waals surface area contributed by atoms with Gasteiger partial charge < -0.3 is 10.1 Å². The Labute approximate surface area is 130 Å². The molecule has 4 bridgehead atoms. The van der Waals surface area contributed by atoms with Gasteiger partial charge in [0.25, 0.3) is 5.91 Å². The maximum absolute atomic E-state index is 12.6. The summed E-state index contributed by atoms with van der Waals surface area (Å²) in [6, 6.07) is 0.0573. The first-order valence-electron chi connectivity index (χ1n) is 7.96. The fourth-order valence-electron chi connectivity index (χ4n) is 5.04. The van der Waals surface area contributed by atoms with Crippen molar-refractivity contribution in [3.63, 3.8) is 0 Å². The number of ether oxygens (including phenoxy) is 1. The second-order valence-electron chi connectivity index (χ2n) is 7.69. The molecular formula is C16H24ClNO3. The van der Waals surface area contributed by atoms with Gasteiger partial charge >= 0.3 is 5.97 Å². The Hall–Kier alpha value is -0.770. The Morgan fingerprint density at radius 1 is 1.24 bits per heavy atom. The van der Waals surface area contributed by atoms with E-state index in [1.807, 2.05) is 13.8 Å². The van der Waals surface area contributed by atoms with Crippen molar-refractivity contribution in [1.82, 2.24) is 5.32 Å². The van der Waals surface area contributed by atoms with E-state index >= 15 is 0 Å². The molecule has 0 aromatic rings. The number of hydrogen-bond donors (Lipinski definition) is 1. The second-order valence-corrected chi connectivity index (χ2v) is 8.49. The molecule has 4 nitrogen and oxygen atoms in total. The monoisotopic (exact) mass is 313 g/mol. The number of amides is 1. The van der Waals surface area contributed by atoms with Crippen molar-refractivity contribution in [2.45, 2.75) is 63.3 Å². The van der Waals surface area contributed by atoms with Crippen molar-refractivity contribution in [1.29, 1.82) is 0 Å². The van der Waals surface area contributed by atoms with Crippen LogP contribution < -0.4 is 5.32 Å². The van der Waals surface area contributed by atoms with Gasteiger partial charge in [0.15, 0.2) is 6.61 Å². The largest absolute Gasteiger partial charge is 0.455 e. The summed E-state index contributed by atoms with van der Waals surface area (Å²) in [4.78, 5) is 24.0. The van der Waals surface area contributed by atoms with E-state index in [4.69, 9.17) is 16.3 Å². The van der Waals surface area contributed by atoms with Crippen LogP contribution in [0.1, 0.15) is 52.4 Å². The molecule has 0 aromatic carbocycles. The molecule has 1 N–H and O–H groups in total. The fraction of sp³-hybridized carbons (Fsp3) is 0.875. The first-order valence-corrected chi connectivity index (χ1v) is 8.34. The summed E-state index contributed by atoms with van der Waals surface area (Å²) < 4.78 is 5.32. The van der Waals surface area contributed by atoms with Crippen molar-refractivity contribution in [3.05, 3.63) is 0 Å². The van der Waals surface area contributed by atoms with Crippen molar-refractivity contribution >= 4 is 23.5 Å². The number of halogens is 1. The third-order valence-corrected chi connectivity index (χ3v) is 5.65.